The summed E-state index contributed by atoms with van der Waals surface area (Å²) in [6.07, 6.45) is 7.54. The minimum Gasteiger partial charge on any atom is -0.343 e. The van der Waals surface area contributed by atoms with Gasteiger partial charge in [-0.15, -0.1) is 0 Å². The van der Waals surface area contributed by atoms with Crippen LogP contribution in [0.15, 0.2) is 55.2 Å². The minimum absolute atomic E-state index is 0.390. The van der Waals surface area contributed by atoms with E-state index in [1.54, 1.807) is 17.2 Å². The number of fused-ring (bicyclic) bond motifs is 1. The van der Waals surface area contributed by atoms with Crippen LogP contribution >= 0.6 is 0 Å². The van der Waals surface area contributed by atoms with Gasteiger partial charge in [-0.25, -0.2) is 14.6 Å². The number of hydrogen-bond acceptors (Lipinski definition) is 4. The van der Waals surface area contributed by atoms with Gasteiger partial charge in [0.15, 0.2) is 5.65 Å². The monoisotopic (exact) mass is 300 g/mol. The summed E-state index contributed by atoms with van der Waals surface area (Å²) in [4.78, 5) is 11.5. The first-order chi connectivity index (χ1) is 11.3. The van der Waals surface area contributed by atoms with E-state index in [4.69, 9.17) is 5.26 Å². The third-order valence-electron chi connectivity index (χ3n) is 3.68. The molecule has 0 bridgehead atoms. The van der Waals surface area contributed by atoms with Gasteiger partial charge in [0.2, 0.25) is 0 Å². The maximum absolute atomic E-state index is 8.83. The van der Waals surface area contributed by atoms with Crippen molar-refractivity contribution in [3.05, 3.63) is 60.8 Å². The molecule has 0 unspecified atom stereocenters. The lowest BCUT2D eigenvalue weighted by atomic mass is 10.1. The summed E-state index contributed by atoms with van der Waals surface area (Å²) >= 11 is 0. The molecule has 0 aliphatic rings. The lowest BCUT2D eigenvalue weighted by Gasteiger charge is -2.03. The number of hydrogen-bond donors (Lipinski definition) is 1. The van der Waals surface area contributed by atoms with E-state index in [0.29, 0.717) is 12.1 Å². The maximum Gasteiger partial charge on any atom is 0.178 e. The molecule has 6 nitrogen and oxygen atoms in total. The summed E-state index contributed by atoms with van der Waals surface area (Å²) < 4.78 is 1.80. The molecule has 0 aliphatic heterocycles. The van der Waals surface area contributed by atoms with Crippen LogP contribution in [0.1, 0.15) is 5.56 Å². The first kappa shape index (κ1) is 13.2. The Morgan fingerprint density at radius 2 is 2.17 bits per heavy atom. The van der Waals surface area contributed by atoms with Crippen molar-refractivity contribution in [1.82, 2.24) is 24.7 Å². The van der Waals surface area contributed by atoms with Crippen LogP contribution in [-0.4, -0.2) is 24.7 Å². The van der Waals surface area contributed by atoms with Gasteiger partial charge in [-0.1, -0.05) is 12.1 Å². The average Bonchev–Trinajstić information content (AvgIpc) is 3.24. The number of aromatic nitrogens is 5. The van der Waals surface area contributed by atoms with Crippen LogP contribution < -0.4 is 0 Å². The first-order valence-corrected chi connectivity index (χ1v) is 7.14. The van der Waals surface area contributed by atoms with E-state index in [-0.39, 0.29) is 0 Å². The second-order valence-corrected chi connectivity index (χ2v) is 5.14. The average molecular weight is 300 g/mol. The molecule has 0 amide bonds. The molecular formula is C17H12N6. The molecule has 0 atom stereocenters. The summed E-state index contributed by atoms with van der Waals surface area (Å²) in [6.45, 7) is 0. The van der Waals surface area contributed by atoms with Gasteiger partial charge in [0.1, 0.15) is 0 Å². The Hall–Kier alpha value is -3.46. The van der Waals surface area contributed by atoms with Gasteiger partial charge >= 0.3 is 0 Å². The predicted octanol–water partition coefficient (Wildman–Crippen LogP) is 2.88. The number of pyridine rings is 1. The van der Waals surface area contributed by atoms with Crippen LogP contribution in [0, 0.1) is 11.3 Å². The summed E-state index contributed by atoms with van der Waals surface area (Å²) in [6, 6.07) is 11.9. The van der Waals surface area contributed by atoms with E-state index in [1.165, 1.54) is 0 Å². The molecule has 4 rings (SSSR count). The van der Waals surface area contributed by atoms with Gasteiger partial charge in [0.05, 0.1) is 36.2 Å². The van der Waals surface area contributed by atoms with Crippen LogP contribution in [0.25, 0.3) is 28.0 Å². The molecule has 0 radical (unpaired) electrons. The van der Waals surface area contributed by atoms with Crippen molar-refractivity contribution in [2.75, 3.05) is 0 Å². The van der Waals surface area contributed by atoms with Gasteiger partial charge in [-0.05, 0) is 23.8 Å². The van der Waals surface area contributed by atoms with Gasteiger partial charge < -0.3 is 4.98 Å². The summed E-state index contributed by atoms with van der Waals surface area (Å²) in [7, 11) is 0. The molecule has 0 aliphatic carbocycles. The number of benzene rings is 1. The van der Waals surface area contributed by atoms with Gasteiger partial charge in [0.25, 0.3) is 0 Å². The van der Waals surface area contributed by atoms with E-state index in [2.05, 4.69) is 26.1 Å². The lowest BCUT2D eigenvalue weighted by Crippen LogP contribution is -1.95. The molecule has 0 saturated heterocycles. The number of nitrogens with zero attached hydrogens (tertiary/aromatic N) is 5. The highest BCUT2D eigenvalue weighted by molar-refractivity contribution is 5.88. The van der Waals surface area contributed by atoms with Crippen molar-refractivity contribution in [3.8, 4) is 22.9 Å². The summed E-state index contributed by atoms with van der Waals surface area (Å²) in [5.74, 6) is 0. The number of imidazole rings is 1. The third kappa shape index (κ3) is 2.34. The largest absolute Gasteiger partial charge is 0.343 e. The molecule has 6 heteroatoms. The topological polar surface area (TPSA) is 83.2 Å². The molecule has 0 fully saturated rings. The van der Waals surface area contributed by atoms with Crippen LogP contribution in [0.3, 0.4) is 0 Å². The Labute approximate surface area is 132 Å². The van der Waals surface area contributed by atoms with E-state index in [0.717, 1.165) is 27.9 Å². The Morgan fingerprint density at radius 3 is 3.09 bits per heavy atom. The Morgan fingerprint density at radius 1 is 1.22 bits per heavy atom. The van der Waals surface area contributed by atoms with Crippen molar-refractivity contribution in [2.24, 2.45) is 0 Å². The fraction of sp³-hybridized carbons (Fsp3) is 0.0588. The highest BCUT2D eigenvalue weighted by Gasteiger charge is 2.09. The minimum atomic E-state index is 0.390. The third-order valence-corrected chi connectivity index (χ3v) is 3.68. The molecule has 0 spiro atoms. The van der Waals surface area contributed by atoms with Crippen molar-refractivity contribution in [2.45, 2.75) is 6.42 Å². The lowest BCUT2D eigenvalue weighted by molar-refractivity contribution is 0.878. The van der Waals surface area contributed by atoms with Gasteiger partial charge in [0, 0.05) is 23.5 Å². The second kappa shape index (κ2) is 5.39. The molecular weight excluding hydrogens is 288 g/mol. The quantitative estimate of drug-likeness (QED) is 0.630. The van der Waals surface area contributed by atoms with E-state index >= 15 is 0 Å². The normalized spacial score (nSPS) is 10.7. The zero-order valence-electron chi connectivity index (χ0n) is 12.1. The number of rotatable bonds is 3. The van der Waals surface area contributed by atoms with Crippen LogP contribution in [0.2, 0.25) is 0 Å². The van der Waals surface area contributed by atoms with Crippen LogP contribution in [0.5, 0.6) is 0 Å². The van der Waals surface area contributed by atoms with Crippen molar-refractivity contribution in [1.29, 1.82) is 5.26 Å². The fourth-order valence-corrected chi connectivity index (χ4v) is 2.59. The van der Waals surface area contributed by atoms with E-state index < -0.39 is 0 Å². The van der Waals surface area contributed by atoms with Gasteiger partial charge in [-0.2, -0.15) is 10.4 Å². The summed E-state index contributed by atoms with van der Waals surface area (Å²) in [5.41, 5.74) is 5.47. The number of nitriles is 1. The SMILES string of the molecule is N#CCc1cccc(-n2cc(-c3ccnc4nc[nH]c34)cn2)c1. The maximum atomic E-state index is 8.83. The fourth-order valence-electron chi connectivity index (χ4n) is 2.59. The molecule has 4 aromatic rings. The number of nitrogens with one attached hydrogen (secondary N) is 1. The van der Waals surface area contributed by atoms with Crippen LogP contribution in [0.4, 0.5) is 0 Å². The number of aromatic amines is 1. The molecule has 110 valence electrons. The predicted molar refractivity (Wildman–Crippen MR) is 85.8 cm³/mol. The Bertz CT molecular complexity index is 1020. The zero-order valence-corrected chi connectivity index (χ0v) is 12.1. The van der Waals surface area contributed by atoms with E-state index in [1.807, 2.05) is 42.7 Å². The van der Waals surface area contributed by atoms with Crippen molar-refractivity contribution in [3.63, 3.8) is 0 Å². The highest BCUT2D eigenvalue weighted by Crippen LogP contribution is 2.25. The van der Waals surface area contributed by atoms with Crippen molar-refractivity contribution < 1.29 is 0 Å². The smallest absolute Gasteiger partial charge is 0.178 e. The number of H-pyrrole nitrogens is 1. The van der Waals surface area contributed by atoms with Crippen LogP contribution in [-0.2, 0) is 6.42 Å². The molecule has 1 aromatic carbocycles. The second-order valence-electron chi connectivity index (χ2n) is 5.14. The molecule has 0 saturated carbocycles. The molecule has 3 aromatic heterocycles. The van der Waals surface area contributed by atoms with Gasteiger partial charge in [-0.3, -0.25) is 0 Å². The molecule has 1 N–H and O–H groups in total. The van der Waals surface area contributed by atoms with E-state index in [9.17, 15) is 0 Å². The first-order valence-electron chi connectivity index (χ1n) is 7.14. The zero-order chi connectivity index (χ0) is 15.6. The molecule has 23 heavy (non-hydrogen) atoms. The Balaban J connectivity index is 1.76. The highest BCUT2D eigenvalue weighted by atomic mass is 15.3. The standard InChI is InChI=1S/C17H12N6/c18-6-4-12-2-1-3-14(8-12)23-10-13(9-22-23)15-5-7-19-17-16(15)20-11-21-17/h1-3,5,7-11H,4H2,(H,19,20,21). The van der Waals surface area contributed by atoms with Crippen molar-refractivity contribution >= 4 is 11.2 Å². The Kier molecular flexibility index (Phi) is 3.10. The molecule has 3 heterocycles. The summed E-state index contributed by atoms with van der Waals surface area (Å²) in [5, 5.41) is 13.3.